The summed E-state index contributed by atoms with van der Waals surface area (Å²) < 4.78 is 26.7. The molecule has 0 unspecified atom stereocenters. The fraction of sp³-hybridized carbons (Fsp3) is 0.333. The second-order valence-corrected chi connectivity index (χ2v) is 8.10. The number of sulfonamides is 1. The van der Waals surface area contributed by atoms with E-state index in [-0.39, 0.29) is 10.9 Å². The zero-order chi connectivity index (χ0) is 18.4. The Bertz CT molecular complexity index is 832. The highest BCUT2D eigenvalue weighted by molar-refractivity contribution is 7.89. The number of amides is 2. The van der Waals surface area contributed by atoms with Gasteiger partial charge in [-0.3, -0.25) is 4.98 Å². The fourth-order valence-corrected chi connectivity index (χ4v) is 4.34. The van der Waals surface area contributed by atoms with Crippen molar-refractivity contribution in [2.75, 3.05) is 18.4 Å². The van der Waals surface area contributed by atoms with E-state index >= 15 is 0 Å². The van der Waals surface area contributed by atoms with Gasteiger partial charge in [-0.15, -0.1) is 0 Å². The number of pyridine rings is 1. The number of carbonyl (C=O) groups is 1. The van der Waals surface area contributed by atoms with Crippen molar-refractivity contribution in [2.24, 2.45) is 0 Å². The largest absolute Gasteiger partial charge is 0.334 e. The molecular weight excluding hydrogens is 352 g/mol. The highest BCUT2D eigenvalue weighted by Gasteiger charge is 2.25. The molecule has 1 saturated heterocycles. The molecule has 0 spiro atoms. The average Bonchev–Trinajstić information content (AvgIpc) is 2.68. The van der Waals surface area contributed by atoms with Gasteiger partial charge in [0, 0.05) is 37.7 Å². The van der Waals surface area contributed by atoms with E-state index in [0.717, 1.165) is 24.8 Å². The molecule has 2 amide bonds. The first-order chi connectivity index (χ1) is 12.6. The first kappa shape index (κ1) is 18.3. The second kappa shape index (κ2) is 8.29. The number of hydrogen-bond acceptors (Lipinski definition) is 4. The lowest BCUT2D eigenvalue weighted by Gasteiger charge is -2.25. The molecule has 2 N–H and O–H groups in total. The lowest BCUT2D eigenvalue weighted by atomic mass is 10.2. The van der Waals surface area contributed by atoms with E-state index in [2.05, 4.69) is 15.6 Å². The van der Waals surface area contributed by atoms with Crippen LogP contribution in [-0.4, -0.2) is 36.8 Å². The summed E-state index contributed by atoms with van der Waals surface area (Å²) in [7, 11) is -3.46. The van der Waals surface area contributed by atoms with Gasteiger partial charge in [0.1, 0.15) is 0 Å². The maximum Gasteiger partial charge on any atom is 0.319 e. The number of hydrogen-bond donors (Lipinski definition) is 2. The van der Waals surface area contributed by atoms with Gasteiger partial charge in [0.15, 0.2) is 0 Å². The highest BCUT2D eigenvalue weighted by Crippen LogP contribution is 2.21. The van der Waals surface area contributed by atoms with Crippen molar-refractivity contribution >= 4 is 21.7 Å². The number of urea groups is 1. The van der Waals surface area contributed by atoms with Crippen molar-refractivity contribution in [3.05, 3.63) is 54.4 Å². The number of benzene rings is 1. The van der Waals surface area contributed by atoms with Gasteiger partial charge in [-0.1, -0.05) is 12.5 Å². The Morgan fingerprint density at radius 2 is 1.81 bits per heavy atom. The molecule has 0 radical (unpaired) electrons. The molecule has 0 aliphatic carbocycles. The van der Waals surface area contributed by atoms with Crippen LogP contribution in [0.15, 0.2) is 53.7 Å². The normalized spacial score (nSPS) is 15.4. The monoisotopic (exact) mass is 374 g/mol. The summed E-state index contributed by atoms with van der Waals surface area (Å²) in [5.41, 5.74) is 1.43. The van der Waals surface area contributed by atoms with Crippen molar-refractivity contribution in [1.29, 1.82) is 0 Å². The minimum absolute atomic E-state index is 0.251. The molecule has 1 aliphatic heterocycles. The van der Waals surface area contributed by atoms with Crippen LogP contribution in [0.5, 0.6) is 0 Å². The Balaban J connectivity index is 1.58. The van der Waals surface area contributed by atoms with Gasteiger partial charge in [0.2, 0.25) is 10.0 Å². The quantitative estimate of drug-likeness (QED) is 0.841. The third-order valence-electron chi connectivity index (χ3n) is 4.24. The third-order valence-corrected chi connectivity index (χ3v) is 6.15. The van der Waals surface area contributed by atoms with Crippen LogP contribution < -0.4 is 10.6 Å². The molecule has 1 fully saturated rings. The van der Waals surface area contributed by atoms with E-state index < -0.39 is 10.0 Å². The number of carbonyl (C=O) groups excluding carboxylic acids is 1. The van der Waals surface area contributed by atoms with Crippen molar-refractivity contribution in [2.45, 2.75) is 30.7 Å². The van der Waals surface area contributed by atoms with Crippen LogP contribution in [0.25, 0.3) is 0 Å². The predicted octanol–water partition coefficient (Wildman–Crippen LogP) is 2.58. The van der Waals surface area contributed by atoms with E-state index in [1.807, 2.05) is 6.07 Å². The number of aromatic nitrogens is 1. The van der Waals surface area contributed by atoms with Crippen LogP contribution in [0.4, 0.5) is 10.5 Å². The van der Waals surface area contributed by atoms with E-state index in [0.29, 0.717) is 25.3 Å². The summed E-state index contributed by atoms with van der Waals surface area (Å²) in [6.07, 6.45) is 6.22. The minimum atomic E-state index is -3.46. The lowest BCUT2D eigenvalue weighted by Crippen LogP contribution is -2.35. The number of anilines is 1. The minimum Gasteiger partial charge on any atom is -0.334 e. The van der Waals surface area contributed by atoms with Gasteiger partial charge in [0.05, 0.1) is 4.90 Å². The lowest BCUT2D eigenvalue weighted by molar-refractivity contribution is 0.251. The first-order valence-corrected chi connectivity index (χ1v) is 10.0. The molecule has 8 heteroatoms. The Morgan fingerprint density at radius 1 is 1.08 bits per heavy atom. The molecular formula is C18H22N4O3S. The SMILES string of the molecule is O=C(NCc1cccnc1)Nc1ccc(S(=O)(=O)N2CCCCC2)cc1. The van der Waals surface area contributed by atoms with Crippen LogP contribution >= 0.6 is 0 Å². The van der Waals surface area contributed by atoms with E-state index in [1.165, 1.54) is 16.4 Å². The number of rotatable bonds is 5. The van der Waals surface area contributed by atoms with E-state index in [9.17, 15) is 13.2 Å². The van der Waals surface area contributed by atoms with Crippen LogP contribution in [0, 0.1) is 0 Å². The maximum absolute atomic E-state index is 12.6. The van der Waals surface area contributed by atoms with Gasteiger partial charge < -0.3 is 10.6 Å². The molecule has 0 bridgehead atoms. The molecule has 1 aromatic carbocycles. The Morgan fingerprint density at radius 3 is 2.46 bits per heavy atom. The average molecular weight is 374 g/mol. The molecule has 138 valence electrons. The first-order valence-electron chi connectivity index (χ1n) is 8.60. The fourth-order valence-electron chi connectivity index (χ4n) is 2.82. The van der Waals surface area contributed by atoms with Crippen LogP contribution in [0.3, 0.4) is 0 Å². The molecule has 7 nitrogen and oxygen atoms in total. The Labute approximate surface area is 153 Å². The van der Waals surface area contributed by atoms with Gasteiger partial charge >= 0.3 is 6.03 Å². The number of nitrogens with one attached hydrogen (secondary N) is 2. The van der Waals surface area contributed by atoms with Gasteiger partial charge in [0.25, 0.3) is 0 Å². The molecule has 2 heterocycles. The molecule has 1 aromatic heterocycles. The molecule has 2 aromatic rings. The summed E-state index contributed by atoms with van der Waals surface area (Å²) in [6.45, 7) is 1.50. The predicted molar refractivity (Wildman–Crippen MR) is 99.1 cm³/mol. The molecule has 26 heavy (non-hydrogen) atoms. The summed E-state index contributed by atoms with van der Waals surface area (Å²) in [5, 5.41) is 5.42. The maximum atomic E-state index is 12.6. The van der Waals surface area contributed by atoms with Gasteiger partial charge in [-0.2, -0.15) is 4.31 Å². The molecule has 1 aliphatic rings. The van der Waals surface area contributed by atoms with Crippen LogP contribution in [0.2, 0.25) is 0 Å². The third kappa shape index (κ3) is 4.59. The summed E-state index contributed by atoms with van der Waals surface area (Å²) in [4.78, 5) is 16.2. The summed E-state index contributed by atoms with van der Waals surface area (Å²) >= 11 is 0. The molecule has 3 rings (SSSR count). The van der Waals surface area contributed by atoms with Crippen LogP contribution in [-0.2, 0) is 16.6 Å². The summed E-state index contributed by atoms with van der Waals surface area (Å²) in [6, 6.07) is 9.56. The van der Waals surface area contributed by atoms with Crippen molar-refractivity contribution in [3.63, 3.8) is 0 Å². The number of piperidine rings is 1. The Kier molecular flexibility index (Phi) is 5.85. The second-order valence-electron chi connectivity index (χ2n) is 6.16. The zero-order valence-electron chi connectivity index (χ0n) is 14.4. The van der Waals surface area contributed by atoms with Gasteiger partial charge in [-0.25, -0.2) is 13.2 Å². The number of nitrogens with zero attached hydrogens (tertiary/aromatic N) is 2. The van der Waals surface area contributed by atoms with E-state index in [4.69, 9.17) is 0 Å². The van der Waals surface area contributed by atoms with Crippen molar-refractivity contribution in [1.82, 2.24) is 14.6 Å². The molecule has 0 saturated carbocycles. The summed E-state index contributed by atoms with van der Waals surface area (Å²) in [5.74, 6) is 0. The highest BCUT2D eigenvalue weighted by atomic mass is 32.2. The molecule has 0 atom stereocenters. The van der Waals surface area contributed by atoms with Crippen molar-refractivity contribution < 1.29 is 13.2 Å². The van der Waals surface area contributed by atoms with E-state index in [1.54, 1.807) is 30.6 Å². The van der Waals surface area contributed by atoms with Crippen LogP contribution in [0.1, 0.15) is 24.8 Å². The zero-order valence-corrected chi connectivity index (χ0v) is 15.2. The topological polar surface area (TPSA) is 91.4 Å². The van der Waals surface area contributed by atoms with Gasteiger partial charge in [-0.05, 0) is 48.7 Å². The standard InChI is InChI=1S/C18H22N4O3S/c23-18(20-14-15-5-4-10-19-13-15)21-16-6-8-17(9-7-16)26(24,25)22-11-2-1-3-12-22/h4-10,13H,1-3,11-12,14H2,(H2,20,21,23). The van der Waals surface area contributed by atoms with Crippen molar-refractivity contribution in [3.8, 4) is 0 Å². The smallest absolute Gasteiger partial charge is 0.319 e. The Hall–Kier alpha value is -2.45.